The highest BCUT2D eigenvalue weighted by atomic mass is 16.3. The minimum absolute atomic E-state index is 0.0927. The summed E-state index contributed by atoms with van der Waals surface area (Å²) in [4.78, 5) is 0. The van der Waals surface area contributed by atoms with Gasteiger partial charge in [0.2, 0.25) is 0 Å². The summed E-state index contributed by atoms with van der Waals surface area (Å²) in [7, 11) is 0. The highest BCUT2D eigenvalue weighted by molar-refractivity contribution is 5.91. The first-order valence-corrected chi connectivity index (χ1v) is 10.3. The lowest BCUT2D eigenvalue weighted by molar-refractivity contribution is 0.428. The SMILES string of the molecule is C/C(=C(\c1ccc(O)cc1)C(C)CC(C)(C)c1ccc(O)cc1)c1ccc(O)cc1. The van der Waals surface area contributed by atoms with Crippen LogP contribution in [-0.4, -0.2) is 15.3 Å². The number of rotatable bonds is 6. The molecule has 3 rings (SSSR count). The Labute approximate surface area is 179 Å². The number of phenols is 3. The lowest BCUT2D eigenvalue weighted by atomic mass is 9.73. The fraction of sp³-hybridized carbons (Fsp3) is 0.259. The van der Waals surface area contributed by atoms with Crippen molar-refractivity contribution in [3.63, 3.8) is 0 Å². The molecule has 1 unspecified atom stereocenters. The van der Waals surface area contributed by atoms with E-state index in [-0.39, 0.29) is 28.6 Å². The number of benzene rings is 3. The number of phenolic OH excluding ortho intramolecular Hbond substituents is 3. The zero-order valence-electron chi connectivity index (χ0n) is 18.1. The summed E-state index contributed by atoms with van der Waals surface area (Å²) in [5, 5.41) is 29.1. The van der Waals surface area contributed by atoms with Gasteiger partial charge in [0, 0.05) is 0 Å². The van der Waals surface area contributed by atoms with E-state index in [4.69, 9.17) is 0 Å². The van der Waals surface area contributed by atoms with Gasteiger partial charge in [0.25, 0.3) is 0 Å². The predicted molar refractivity (Wildman–Crippen MR) is 124 cm³/mol. The third-order valence-electron chi connectivity index (χ3n) is 5.84. The maximum absolute atomic E-state index is 9.76. The van der Waals surface area contributed by atoms with Crippen molar-refractivity contribution in [3.05, 3.63) is 89.5 Å². The van der Waals surface area contributed by atoms with Crippen LogP contribution in [0.15, 0.2) is 72.8 Å². The molecule has 0 radical (unpaired) electrons. The van der Waals surface area contributed by atoms with Crippen LogP contribution in [0.3, 0.4) is 0 Å². The summed E-state index contributed by atoms with van der Waals surface area (Å²) in [6, 6.07) is 22.1. The maximum atomic E-state index is 9.76. The van der Waals surface area contributed by atoms with Gasteiger partial charge in [0.1, 0.15) is 17.2 Å². The first-order valence-electron chi connectivity index (χ1n) is 10.3. The minimum Gasteiger partial charge on any atom is -0.508 e. The Morgan fingerprint density at radius 2 is 1.10 bits per heavy atom. The Bertz CT molecular complexity index is 1010. The molecule has 0 spiro atoms. The number of allylic oxidation sites excluding steroid dienone is 2. The molecule has 0 saturated heterocycles. The smallest absolute Gasteiger partial charge is 0.115 e. The molecule has 0 fully saturated rings. The van der Waals surface area contributed by atoms with E-state index in [1.807, 2.05) is 36.4 Å². The van der Waals surface area contributed by atoms with Gasteiger partial charge in [-0.2, -0.15) is 0 Å². The largest absolute Gasteiger partial charge is 0.508 e. The van der Waals surface area contributed by atoms with E-state index in [0.717, 1.165) is 23.1 Å². The van der Waals surface area contributed by atoms with Crippen molar-refractivity contribution in [1.29, 1.82) is 0 Å². The summed E-state index contributed by atoms with van der Waals surface area (Å²) in [6.45, 7) is 8.79. The molecule has 0 aliphatic heterocycles. The van der Waals surface area contributed by atoms with Crippen LogP contribution in [-0.2, 0) is 5.41 Å². The Hall–Kier alpha value is -3.20. The molecule has 3 aromatic carbocycles. The van der Waals surface area contributed by atoms with Gasteiger partial charge in [-0.15, -0.1) is 0 Å². The van der Waals surface area contributed by atoms with Crippen molar-refractivity contribution in [2.24, 2.45) is 5.92 Å². The van der Waals surface area contributed by atoms with Crippen LogP contribution in [0.25, 0.3) is 11.1 Å². The van der Waals surface area contributed by atoms with Gasteiger partial charge >= 0.3 is 0 Å². The molecular formula is C27H30O3. The van der Waals surface area contributed by atoms with E-state index in [9.17, 15) is 15.3 Å². The Kier molecular flexibility index (Phi) is 6.21. The molecule has 0 heterocycles. The Morgan fingerprint density at radius 1 is 0.700 bits per heavy atom. The second-order valence-corrected chi connectivity index (χ2v) is 8.67. The van der Waals surface area contributed by atoms with Gasteiger partial charge < -0.3 is 15.3 Å². The molecule has 3 heteroatoms. The third-order valence-corrected chi connectivity index (χ3v) is 5.84. The number of aromatic hydroxyl groups is 3. The van der Waals surface area contributed by atoms with Gasteiger partial charge in [-0.25, -0.2) is 0 Å². The van der Waals surface area contributed by atoms with Crippen molar-refractivity contribution >= 4 is 11.1 Å². The molecule has 0 aromatic heterocycles. The van der Waals surface area contributed by atoms with Crippen LogP contribution >= 0.6 is 0 Å². The van der Waals surface area contributed by atoms with E-state index in [2.05, 4.69) is 27.7 Å². The lowest BCUT2D eigenvalue weighted by Gasteiger charge is -2.31. The van der Waals surface area contributed by atoms with Crippen molar-refractivity contribution in [1.82, 2.24) is 0 Å². The number of hydrogen-bond acceptors (Lipinski definition) is 3. The van der Waals surface area contributed by atoms with Crippen LogP contribution in [0.1, 0.15) is 50.8 Å². The Balaban J connectivity index is 2.03. The molecule has 1 atom stereocenters. The molecule has 3 N–H and O–H groups in total. The topological polar surface area (TPSA) is 60.7 Å². The zero-order chi connectivity index (χ0) is 21.9. The normalized spacial score (nSPS) is 13.6. The van der Waals surface area contributed by atoms with Crippen molar-refractivity contribution in [2.45, 2.75) is 39.5 Å². The monoisotopic (exact) mass is 402 g/mol. The lowest BCUT2D eigenvalue weighted by Crippen LogP contribution is -2.21. The molecule has 0 aliphatic carbocycles. The second kappa shape index (κ2) is 8.66. The average Bonchev–Trinajstić information content (AvgIpc) is 2.70. The van der Waals surface area contributed by atoms with Gasteiger partial charge in [-0.05, 0) is 88.9 Å². The van der Waals surface area contributed by atoms with Crippen LogP contribution in [0.2, 0.25) is 0 Å². The average molecular weight is 403 g/mol. The Morgan fingerprint density at radius 3 is 1.57 bits per heavy atom. The summed E-state index contributed by atoms with van der Waals surface area (Å²) >= 11 is 0. The number of hydrogen-bond donors (Lipinski definition) is 3. The molecular weight excluding hydrogens is 372 g/mol. The fourth-order valence-electron chi connectivity index (χ4n) is 4.28. The predicted octanol–water partition coefficient (Wildman–Crippen LogP) is 6.74. The van der Waals surface area contributed by atoms with E-state index < -0.39 is 0 Å². The summed E-state index contributed by atoms with van der Waals surface area (Å²) in [5.74, 6) is 0.999. The molecule has 3 nitrogen and oxygen atoms in total. The molecule has 3 aromatic rings. The highest BCUT2D eigenvalue weighted by Gasteiger charge is 2.26. The summed E-state index contributed by atoms with van der Waals surface area (Å²) in [6.07, 6.45) is 0.906. The van der Waals surface area contributed by atoms with Gasteiger partial charge in [-0.1, -0.05) is 57.2 Å². The zero-order valence-corrected chi connectivity index (χ0v) is 18.1. The van der Waals surface area contributed by atoms with Crippen molar-refractivity contribution < 1.29 is 15.3 Å². The van der Waals surface area contributed by atoms with Gasteiger partial charge in [-0.3, -0.25) is 0 Å². The molecule has 0 amide bonds. The first kappa shape index (κ1) is 21.5. The molecule has 0 saturated carbocycles. The quantitative estimate of drug-likeness (QED) is 0.400. The summed E-state index contributed by atoms with van der Waals surface area (Å²) in [5.41, 5.74) is 5.59. The maximum Gasteiger partial charge on any atom is 0.115 e. The van der Waals surface area contributed by atoms with E-state index in [1.54, 1.807) is 36.4 Å². The van der Waals surface area contributed by atoms with Crippen molar-refractivity contribution in [2.75, 3.05) is 0 Å². The first-order chi connectivity index (χ1) is 14.2. The molecule has 0 bridgehead atoms. The van der Waals surface area contributed by atoms with Crippen LogP contribution < -0.4 is 0 Å². The van der Waals surface area contributed by atoms with Crippen LogP contribution in [0, 0.1) is 5.92 Å². The van der Waals surface area contributed by atoms with E-state index in [1.165, 1.54) is 11.1 Å². The molecule has 0 aliphatic rings. The van der Waals surface area contributed by atoms with E-state index in [0.29, 0.717) is 0 Å². The molecule has 30 heavy (non-hydrogen) atoms. The molecule has 156 valence electrons. The second-order valence-electron chi connectivity index (χ2n) is 8.67. The highest BCUT2D eigenvalue weighted by Crippen LogP contribution is 2.40. The standard InChI is InChI=1S/C27H30O3/c1-18(17-27(3,4)22-9-15-25(30)16-10-22)26(21-7-13-24(29)14-8-21)19(2)20-5-11-23(28)12-6-20/h5-16,18,28-30H,17H2,1-4H3/b26-19+. The fourth-order valence-corrected chi connectivity index (χ4v) is 4.28. The van der Waals surface area contributed by atoms with Gasteiger partial charge in [0.15, 0.2) is 0 Å². The van der Waals surface area contributed by atoms with Crippen molar-refractivity contribution in [3.8, 4) is 17.2 Å². The van der Waals surface area contributed by atoms with Crippen LogP contribution in [0.5, 0.6) is 17.2 Å². The van der Waals surface area contributed by atoms with Gasteiger partial charge in [0.05, 0.1) is 0 Å². The van der Waals surface area contributed by atoms with Crippen LogP contribution in [0.4, 0.5) is 0 Å². The van der Waals surface area contributed by atoms with E-state index >= 15 is 0 Å². The summed E-state index contributed by atoms with van der Waals surface area (Å²) < 4.78 is 0. The third kappa shape index (κ3) is 4.85. The minimum atomic E-state index is -0.0927.